The summed E-state index contributed by atoms with van der Waals surface area (Å²) in [6.45, 7) is 0. The first kappa shape index (κ1) is 16.6. The van der Waals surface area contributed by atoms with E-state index >= 15 is 0 Å². The van der Waals surface area contributed by atoms with Crippen LogP contribution in [0.25, 0.3) is 27.9 Å². The molecule has 0 N–H and O–H groups in total. The van der Waals surface area contributed by atoms with Gasteiger partial charge in [-0.1, -0.05) is 76.6 Å². The van der Waals surface area contributed by atoms with E-state index in [2.05, 4.69) is 15.9 Å². The third-order valence-corrected chi connectivity index (χ3v) is 4.85. The standard InChI is InChI=1S/C23H16BrNO/c24-19-11-13-20(14-12-19)25-15-21(17-7-3-1-4-8-17)23(26)22(16-25)18-9-5-2-6-10-18/h1-16H. The number of halogens is 1. The number of hydrogen-bond acceptors (Lipinski definition) is 1. The van der Waals surface area contributed by atoms with Gasteiger partial charge in [-0.15, -0.1) is 0 Å². The average molecular weight is 402 g/mol. The Labute approximate surface area is 160 Å². The minimum Gasteiger partial charge on any atom is -0.322 e. The minimum absolute atomic E-state index is 0.0377. The molecule has 0 saturated carbocycles. The first-order valence-electron chi connectivity index (χ1n) is 8.35. The third-order valence-electron chi connectivity index (χ3n) is 4.32. The lowest BCUT2D eigenvalue weighted by Gasteiger charge is -2.13. The van der Waals surface area contributed by atoms with E-state index in [9.17, 15) is 4.79 Å². The van der Waals surface area contributed by atoms with Crippen molar-refractivity contribution in [2.45, 2.75) is 0 Å². The molecule has 0 fully saturated rings. The Hall–Kier alpha value is -2.91. The van der Waals surface area contributed by atoms with Gasteiger partial charge in [-0.05, 0) is 35.4 Å². The Morgan fingerprint density at radius 3 is 1.54 bits per heavy atom. The van der Waals surface area contributed by atoms with E-state index in [-0.39, 0.29) is 5.43 Å². The largest absolute Gasteiger partial charge is 0.322 e. The lowest BCUT2D eigenvalue weighted by Crippen LogP contribution is -2.12. The van der Waals surface area contributed by atoms with Crippen LogP contribution in [0.3, 0.4) is 0 Å². The number of pyridine rings is 1. The van der Waals surface area contributed by atoms with Crippen molar-refractivity contribution >= 4 is 15.9 Å². The van der Waals surface area contributed by atoms with Crippen LogP contribution in [0.15, 0.2) is 107 Å². The molecule has 4 rings (SSSR count). The van der Waals surface area contributed by atoms with Crippen molar-refractivity contribution < 1.29 is 0 Å². The van der Waals surface area contributed by atoms with Gasteiger partial charge >= 0.3 is 0 Å². The summed E-state index contributed by atoms with van der Waals surface area (Å²) in [6.07, 6.45) is 3.82. The van der Waals surface area contributed by atoms with Crippen molar-refractivity contribution in [2.24, 2.45) is 0 Å². The Bertz CT molecular complexity index is 1020. The fraction of sp³-hybridized carbons (Fsp3) is 0. The molecular weight excluding hydrogens is 386 g/mol. The van der Waals surface area contributed by atoms with Gasteiger partial charge in [0.1, 0.15) is 0 Å². The van der Waals surface area contributed by atoms with E-state index < -0.39 is 0 Å². The molecule has 0 aliphatic carbocycles. The SMILES string of the molecule is O=c1c(-c2ccccc2)cn(-c2ccc(Br)cc2)cc1-c1ccccc1. The molecule has 0 aliphatic rings. The average Bonchev–Trinajstić information content (AvgIpc) is 2.70. The van der Waals surface area contributed by atoms with Gasteiger partial charge in [0.15, 0.2) is 5.43 Å². The number of hydrogen-bond donors (Lipinski definition) is 0. The van der Waals surface area contributed by atoms with Crippen molar-refractivity contribution in [1.82, 2.24) is 4.57 Å². The second-order valence-electron chi connectivity index (χ2n) is 6.03. The number of benzene rings is 3. The lowest BCUT2D eigenvalue weighted by atomic mass is 10.0. The van der Waals surface area contributed by atoms with Crippen LogP contribution >= 0.6 is 15.9 Å². The predicted octanol–water partition coefficient (Wildman–Crippen LogP) is 5.93. The van der Waals surface area contributed by atoms with Gasteiger partial charge in [-0.3, -0.25) is 4.79 Å². The zero-order valence-corrected chi connectivity index (χ0v) is 15.6. The second kappa shape index (κ2) is 7.14. The van der Waals surface area contributed by atoms with Crippen LogP contribution in [0.2, 0.25) is 0 Å². The molecule has 1 aromatic heterocycles. The highest BCUT2D eigenvalue weighted by Crippen LogP contribution is 2.23. The molecule has 0 atom stereocenters. The maximum atomic E-state index is 13.2. The number of nitrogens with zero attached hydrogens (tertiary/aromatic N) is 1. The fourth-order valence-electron chi connectivity index (χ4n) is 2.99. The number of rotatable bonds is 3. The van der Waals surface area contributed by atoms with Gasteiger partial charge in [-0.2, -0.15) is 0 Å². The first-order valence-corrected chi connectivity index (χ1v) is 9.15. The molecule has 0 spiro atoms. The zero-order valence-electron chi connectivity index (χ0n) is 14.0. The Kier molecular flexibility index (Phi) is 4.55. The lowest BCUT2D eigenvalue weighted by molar-refractivity contribution is 1.04. The maximum absolute atomic E-state index is 13.2. The summed E-state index contributed by atoms with van der Waals surface area (Å²) in [5, 5.41) is 0. The highest BCUT2D eigenvalue weighted by molar-refractivity contribution is 9.10. The van der Waals surface area contributed by atoms with E-state index in [4.69, 9.17) is 0 Å². The predicted molar refractivity (Wildman–Crippen MR) is 111 cm³/mol. The van der Waals surface area contributed by atoms with Crippen LogP contribution < -0.4 is 5.43 Å². The van der Waals surface area contributed by atoms with Crippen LogP contribution in [-0.2, 0) is 0 Å². The highest BCUT2D eigenvalue weighted by Gasteiger charge is 2.12. The topological polar surface area (TPSA) is 22.0 Å². The van der Waals surface area contributed by atoms with Crippen molar-refractivity contribution in [3.05, 3.63) is 112 Å². The summed E-state index contributed by atoms with van der Waals surface area (Å²) in [5.41, 5.74) is 4.25. The molecular formula is C23H16BrNO. The summed E-state index contributed by atoms with van der Waals surface area (Å²) in [5.74, 6) is 0. The molecule has 4 aromatic rings. The molecule has 2 nitrogen and oxygen atoms in total. The number of aromatic nitrogens is 1. The molecule has 0 saturated heterocycles. The molecule has 3 heteroatoms. The molecule has 0 aliphatic heterocycles. The van der Waals surface area contributed by atoms with Crippen LogP contribution in [0.1, 0.15) is 0 Å². The summed E-state index contributed by atoms with van der Waals surface area (Å²) in [6, 6.07) is 27.6. The highest BCUT2D eigenvalue weighted by atomic mass is 79.9. The van der Waals surface area contributed by atoms with E-state index in [0.717, 1.165) is 21.3 Å². The zero-order chi connectivity index (χ0) is 17.9. The van der Waals surface area contributed by atoms with Crippen LogP contribution in [-0.4, -0.2) is 4.57 Å². The van der Waals surface area contributed by atoms with E-state index in [1.165, 1.54) is 0 Å². The summed E-state index contributed by atoms with van der Waals surface area (Å²) in [7, 11) is 0. The van der Waals surface area contributed by atoms with Crippen LogP contribution in [0, 0.1) is 0 Å². The van der Waals surface area contributed by atoms with E-state index in [0.29, 0.717) is 11.1 Å². The van der Waals surface area contributed by atoms with E-state index in [1.54, 1.807) is 0 Å². The third kappa shape index (κ3) is 3.26. The quantitative estimate of drug-likeness (QED) is 0.416. The Morgan fingerprint density at radius 2 is 1.08 bits per heavy atom. The Morgan fingerprint density at radius 1 is 0.615 bits per heavy atom. The minimum atomic E-state index is 0.0377. The molecule has 0 amide bonds. The van der Waals surface area contributed by atoms with E-state index in [1.807, 2.05) is 102 Å². The molecule has 0 bridgehead atoms. The molecule has 0 unspecified atom stereocenters. The molecule has 3 aromatic carbocycles. The van der Waals surface area contributed by atoms with Gasteiger partial charge in [0.25, 0.3) is 0 Å². The summed E-state index contributed by atoms with van der Waals surface area (Å²) in [4.78, 5) is 13.2. The van der Waals surface area contributed by atoms with Crippen LogP contribution in [0.5, 0.6) is 0 Å². The monoisotopic (exact) mass is 401 g/mol. The molecule has 1 heterocycles. The van der Waals surface area contributed by atoms with Crippen molar-refractivity contribution in [2.75, 3.05) is 0 Å². The van der Waals surface area contributed by atoms with Gasteiger partial charge in [-0.25, -0.2) is 0 Å². The second-order valence-corrected chi connectivity index (χ2v) is 6.95. The molecule has 126 valence electrons. The first-order chi connectivity index (χ1) is 12.7. The van der Waals surface area contributed by atoms with Crippen molar-refractivity contribution in [3.8, 4) is 27.9 Å². The fourth-order valence-corrected chi connectivity index (χ4v) is 3.25. The maximum Gasteiger partial charge on any atom is 0.197 e. The Balaban J connectivity index is 1.98. The molecule has 0 radical (unpaired) electrons. The van der Waals surface area contributed by atoms with Gasteiger partial charge in [0.05, 0.1) is 0 Å². The smallest absolute Gasteiger partial charge is 0.197 e. The van der Waals surface area contributed by atoms with Gasteiger partial charge in [0, 0.05) is 33.7 Å². The summed E-state index contributed by atoms with van der Waals surface area (Å²) < 4.78 is 3.03. The van der Waals surface area contributed by atoms with Gasteiger partial charge < -0.3 is 4.57 Å². The normalized spacial score (nSPS) is 10.7. The van der Waals surface area contributed by atoms with Crippen molar-refractivity contribution in [1.29, 1.82) is 0 Å². The van der Waals surface area contributed by atoms with Crippen LogP contribution in [0.4, 0.5) is 0 Å². The molecule has 26 heavy (non-hydrogen) atoms. The van der Waals surface area contributed by atoms with Crippen molar-refractivity contribution in [3.63, 3.8) is 0 Å². The summed E-state index contributed by atoms with van der Waals surface area (Å²) >= 11 is 3.47. The van der Waals surface area contributed by atoms with Gasteiger partial charge in [0.2, 0.25) is 0 Å².